The first-order valence-corrected chi connectivity index (χ1v) is 5.46. The maximum absolute atomic E-state index is 11.2. The summed E-state index contributed by atoms with van der Waals surface area (Å²) < 4.78 is 1.50. The first-order chi connectivity index (χ1) is 8.71. The maximum Gasteiger partial charge on any atom is 0.311 e. The second kappa shape index (κ2) is 3.83. The number of tetrazole rings is 1. The van der Waals surface area contributed by atoms with Gasteiger partial charge in [-0.2, -0.15) is 0 Å². The van der Waals surface area contributed by atoms with E-state index in [4.69, 9.17) is 5.11 Å². The summed E-state index contributed by atoms with van der Waals surface area (Å²) in [5.41, 5.74) is -0.0385. The molecule has 0 amide bonds. The summed E-state index contributed by atoms with van der Waals surface area (Å²) in [7, 11) is 0. The first-order valence-electron chi connectivity index (χ1n) is 5.46. The Morgan fingerprint density at radius 3 is 2.72 bits per heavy atom. The molecular weight excluding hydrogens is 236 g/mol. The van der Waals surface area contributed by atoms with Gasteiger partial charge < -0.3 is 5.11 Å². The normalized spacial score (nSPS) is 16.4. The minimum absolute atomic E-state index is 0.277. The molecule has 3 rings (SSSR count). The summed E-state index contributed by atoms with van der Waals surface area (Å²) in [6.45, 7) is 0.277. The van der Waals surface area contributed by atoms with Crippen LogP contribution in [0.4, 0.5) is 0 Å². The number of carboxylic acid groups (broad SMARTS) is 1. The van der Waals surface area contributed by atoms with Crippen molar-refractivity contribution in [2.24, 2.45) is 5.41 Å². The predicted molar refractivity (Wildman–Crippen MR) is 58.1 cm³/mol. The summed E-state index contributed by atoms with van der Waals surface area (Å²) in [6.07, 6.45) is 5.92. The van der Waals surface area contributed by atoms with Crippen molar-refractivity contribution < 1.29 is 9.90 Å². The fourth-order valence-electron chi connectivity index (χ4n) is 1.81. The van der Waals surface area contributed by atoms with Crippen LogP contribution in [0.15, 0.2) is 18.7 Å². The lowest BCUT2D eigenvalue weighted by molar-refractivity contribution is -0.144. The second-order valence-electron chi connectivity index (χ2n) is 4.37. The molecule has 2 aromatic rings. The maximum atomic E-state index is 11.2. The van der Waals surface area contributed by atoms with Crippen molar-refractivity contribution in [2.75, 3.05) is 0 Å². The summed E-state index contributed by atoms with van der Waals surface area (Å²) in [5, 5.41) is 20.5. The molecule has 0 radical (unpaired) electrons. The molecular formula is C10H10N6O2. The average Bonchev–Trinajstić information content (AvgIpc) is 3.02. The van der Waals surface area contributed by atoms with Gasteiger partial charge in [0.2, 0.25) is 0 Å². The lowest BCUT2D eigenvalue weighted by atomic mass is 10.1. The molecule has 8 nitrogen and oxygen atoms in total. The van der Waals surface area contributed by atoms with Crippen molar-refractivity contribution in [3.05, 3.63) is 18.7 Å². The van der Waals surface area contributed by atoms with Gasteiger partial charge in [0.15, 0.2) is 5.82 Å². The first kappa shape index (κ1) is 10.8. The summed E-state index contributed by atoms with van der Waals surface area (Å²) >= 11 is 0. The average molecular weight is 246 g/mol. The Labute approximate surface area is 102 Å². The van der Waals surface area contributed by atoms with Crippen molar-refractivity contribution in [1.29, 1.82) is 0 Å². The number of aromatic nitrogens is 6. The fraction of sp³-hybridized carbons (Fsp3) is 0.400. The van der Waals surface area contributed by atoms with Crippen molar-refractivity contribution in [3.8, 4) is 11.4 Å². The van der Waals surface area contributed by atoms with Crippen molar-refractivity contribution in [3.63, 3.8) is 0 Å². The van der Waals surface area contributed by atoms with Crippen LogP contribution in [0.3, 0.4) is 0 Å². The molecule has 1 aliphatic carbocycles. The topological polar surface area (TPSA) is 107 Å². The van der Waals surface area contributed by atoms with Gasteiger partial charge in [-0.15, -0.1) is 5.10 Å². The molecule has 18 heavy (non-hydrogen) atoms. The highest BCUT2D eigenvalue weighted by Gasteiger charge is 2.51. The van der Waals surface area contributed by atoms with Gasteiger partial charge in [-0.25, -0.2) is 14.6 Å². The van der Waals surface area contributed by atoms with Crippen LogP contribution >= 0.6 is 0 Å². The molecule has 1 aliphatic rings. The van der Waals surface area contributed by atoms with Crippen LogP contribution < -0.4 is 0 Å². The SMILES string of the molecule is O=C(O)C1(Cn2nnnc2-c2cncnc2)CC1. The molecule has 1 saturated carbocycles. The molecule has 1 fully saturated rings. The van der Waals surface area contributed by atoms with Gasteiger partial charge in [0, 0.05) is 12.4 Å². The third-order valence-corrected chi connectivity index (χ3v) is 3.11. The van der Waals surface area contributed by atoms with E-state index in [1.54, 1.807) is 12.4 Å². The molecule has 0 aliphatic heterocycles. The Morgan fingerprint density at radius 2 is 2.11 bits per heavy atom. The minimum Gasteiger partial charge on any atom is -0.481 e. The van der Waals surface area contributed by atoms with Gasteiger partial charge in [0.05, 0.1) is 17.5 Å². The molecule has 0 bridgehead atoms. The van der Waals surface area contributed by atoms with Gasteiger partial charge in [-0.1, -0.05) is 0 Å². The zero-order valence-corrected chi connectivity index (χ0v) is 9.39. The monoisotopic (exact) mass is 246 g/mol. The quantitative estimate of drug-likeness (QED) is 0.808. The van der Waals surface area contributed by atoms with E-state index in [-0.39, 0.29) is 6.54 Å². The van der Waals surface area contributed by atoms with Crippen LogP contribution in [0.2, 0.25) is 0 Å². The van der Waals surface area contributed by atoms with E-state index in [9.17, 15) is 4.79 Å². The molecule has 2 heterocycles. The van der Waals surface area contributed by atoms with Gasteiger partial charge in [-0.05, 0) is 23.3 Å². The third kappa shape index (κ3) is 1.71. The number of hydrogen-bond donors (Lipinski definition) is 1. The van der Waals surface area contributed by atoms with Gasteiger partial charge >= 0.3 is 5.97 Å². The largest absolute Gasteiger partial charge is 0.481 e. The summed E-state index contributed by atoms with van der Waals surface area (Å²) in [6, 6.07) is 0. The number of aliphatic carboxylic acids is 1. The van der Waals surface area contributed by atoms with Crippen LogP contribution in [0.1, 0.15) is 12.8 Å². The zero-order chi connectivity index (χ0) is 12.6. The smallest absolute Gasteiger partial charge is 0.311 e. The van der Waals surface area contributed by atoms with Gasteiger partial charge in [0.25, 0.3) is 0 Å². The Bertz CT molecular complexity index is 577. The van der Waals surface area contributed by atoms with E-state index in [0.717, 1.165) is 0 Å². The Kier molecular flexibility index (Phi) is 2.29. The molecule has 0 atom stereocenters. The van der Waals surface area contributed by atoms with Crippen molar-refractivity contribution in [1.82, 2.24) is 30.2 Å². The summed E-state index contributed by atoms with van der Waals surface area (Å²) in [4.78, 5) is 18.9. The van der Waals surface area contributed by atoms with E-state index in [1.165, 1.54) is 11.0 Å². The molecule has 92 valence electrons. The molecule has 0 aromatic carbocycles. The molecule has 0 spiro atoms. The highest BCUT2D eigenvalue weighted by Crippen LogP contribution is 2.47. The van der Waals surface area contributed by atoms with Crippen LogP contribution in [0.25, 0.3) is 11.4 Å². The molecule has 8 heteroatoms. The lowest BCUT2D eigenvalue weighted by Gasteiger charge is -2.10. The molecule has 2 aromatic heterocycles. The van der Waals surface area contributed by atoms with Gasteiger partial charge in [0.1, 0.15) is 6.33 Å². The summed E-state index contributed by atoms with van der Waals surface area (Å²) in [5.74, 6) is -0.309. The number of carbonyl (C=O) groups is 1. The number of rotatable bonds is 4. The number of nitrogens with zero attached hydrogens (tertiary/aromatic N) is 6. The van der Waals surface area contributed by atoms with E-state index in [1.807, 2.05) is 0 Å². The van der Waals surface area contributed by atoms with E-state index in [0.29, 0.717) is 24.2 Å². The highest BCUT2D eigenvalue weighted by molar-refractivity contribution is 5.77. The van der Waals surface area contributed by atoms with E-state index < -0.39 is 11.4 Å². The Morgan fingerprint density at radius 1 is 1.39 bits per heavy atom. The molecule has 0 unspecified atom stereocenters. The van der Waals surface area contributed by atoms with Crippen LogP contribution in [-0.2, 0) is 11.3 Å². The fourth-order valence-corrected chi connectivity index (χ4v) is 1.81. The van der Waals surface area contributed by atoms with Gasteiger partial charge in [-0.3, -0.25) is 4.79 Å². The number of hydrogen-bond acceptors (Lipinski definition) is 6. The lowest BCUT2D eigenvalue weighted by Crippen LogP contribution is -2.22. The third-order valence-electron chi connectivity index (χ3n) is 3.11. The van der Waals surface area contributed by atoms with Crippen LogP contribution in [-0.4, -0.2) is 41.3 Å². The van der Waals surface area contributed by atoms with Crippen LogP contribution in [0, 0.1) is 5.41 Å². The highest BCUT2D eigenvalue weighted by atomic mass is 16.4. The predicted octanol–water partition coefficient (Wildman–Crippen LogP) is -0.00510. The second-order valence-corrected chi connectivity index (χ2v) is 4.37. The van der Waals surface area contributed by atoms with E-state index >= 15 is 0 Å². The Balaban J connectivity index is 1.91. The van der Waals surface area contributed by atoms with E-state index in [2.05, 4.69) is 25.5 Å². The molecule has 1 N–H and O–H groups in total. The zero-order valence-electron chi connectivity index (χ0n) is 9.39. The van der Waals surface area contributed by atoms with Crippen molar-refractivity contribution in [2.45, 2.75) is 19.4 Å². The Hall–Kier alpha value is -2.38. The minimum atomic E-state index is -0.798. The molecule has 0 saturated heterocycles. The standard InChI is InChI=1S/C10H10N6O2/c17-9(18)10(1-2-10)5-16-8(13-14-15-16)7-3-11-6-12-4-7/h3-4,6H,1-2,5H2,(H,17,18). The van der Waals surface area contributed by atoms with Crippen LogP contribution in [0.5, 0.6) is 0 Å². The van der Waals surface area contributed by atoms with Crippen molar-refractivity contribution >= 4 is 5.97 Å². The number of carboxylic acids is 1.